The number of sulfonamides is 1. The molecule has 0 radical (unpaired) electrons. The Kier molecular flexibility index (Phi) is 4.19. The number of sulfone groups is 1. The second-order valence-corrected chi connectivity index (χ2v) is 8.89. The molecule has 0 spiro atoms. The van der Waals surface area contributed by atoms with Crippen LogP contribution in [0, 0.1) is 0 Å². The summed E-state index contributed by atoms with van der Waals surface area (Å²) in [6.45, 7) is 1.91. The molecular formula is C12H18N2O4S2. The van der Waals surface area contributed by atoms with Crippen LogP contribution in [-0.4, -0.2) is 34.4 Å². The fraction of sp³-hybridized carbons (Fsp3) is 0.500. The van der Waals surface area contributed by atoms with Crippen molar-refractivity contribution in [1.82, 2.24) is 5.32 Å². The Morgan fingerprint density at radius 3 is 2.35 bits per heavy atom. The number of hydrogen-bond donors (Lipinski definition) is 2. The molecule has 2 atom stereocenters. The van der Waals surface area contributed by atoms with Crippen LogP contribution in [0.5, 0.6) is 0 Å². The van der Waals surface area contributed by atoms with E-state index in [4.69, 9.17) is 5.14 Å². The van der Waals surface area contributed by atoms with Crippen LogP contribution in [0.4, 0.5) is 0 Å². The van der Waals surface area contributed by atoms with E-state index in [2.05, 4.69) is 5.32 Å². The molecular weight excluding hydrogens is 300 g/mol. The third-order valence-electron chi connectivity index (χ3n) is 3.43. The number of rotatable bonds is 4. The van der Waals surface area contributed by atoms with Crippen LogP contribution in [0.25, 0.3) is 0 Å². The summed E-state index contributed by atoms with van der Waals surface area (Å²) in [4.78, 5) is 0.0666. The van der Waals surface area contributed by atoms with Gasteiger partial charge in [0.1, 0.15) is 0 Å². The maximum atomic E-state index is 11.4. The lowest BCUT2D eigenvalue weighted by atomic mass is 10.1. The topological polar surface area (TPSA) is 106 Å². The zero-order chi connectivity index (χ0) is 15.0. The highest BCUT2D eigenvalue weighted by Crippen LogP contribution is 2.19. The Labute approximate surface area is 119 Å². The molecule has 0 amide bonds. The highest BCUT2D eigenvalue weighted by atomic mass is 32.2. The van der Waals surface area contributed by atoms with Gasteiger partial charge in [-0.15, -0.1) is 0 Å². The average Bonchev–Trinajstić information content (AvgIpc) is 2.67. The lowest BCUT2D eigenvalue weighted by Crippen LogP contribution is -2.32. The zero-order valence-electron chi connectivity index (χ0n) is 11.1. The summed E-state index contributed by atoms with van der Waals surface area (Å²) >= 11 is 0. The van der Waals surface area contributed by atoms with Crippen molar-refractivity contribution in [2.45, 2.75) is 30.3 Å². The first-order chi connectivity index (χ1) is 9.17. The summed E-state index contributed by atoms with van der Waals surface area (Å²) in [5.74, 6) is 0.383. The molecule has 1 aliphatic heterocycles. The number of nitrogens with two attached hydrogens (primary N) is 1. The smallest absolute Gasteiger partial charge is 0.238 e. The molecule has 1 saturated heterocycles. The largest absolute Gasteiger partial charge is 0.306 e. The van der Waals surface area contributed by atoms with Crippen molar-refractivity contribution in [3.05, 3.63) is 29.8 Å². The number of primary sulfonamides is 1. The summed E-state index contributed by atoms with van der Waals surface area (Å²) < 4.78 is 45.1. The summed E-state index contributed by atoms with van der Waals surface area (Å²) in [5, 5.41) is 8.28. The van der Waals surface area contributed by atoms with Gasteiger partial charge in [0.25, 0.3) is 0 Å². The molecule has 1 aromatic carbocycles. The Bertz CT molecular complexity index is 681. The normalized spacial score (nSPS) is 23.6. The third kappa shape index (κ3) is 3.78. The molecule has 1 aliphatic rings. The van der Waals surface area contributed by atoms with E-state index in [9.17, 15) is 16.8 Å². The van der Waals surface area contributed by atoms with Crippen LogP contribution in [0.1, 0.15) is 24.9 Å². The third-order valence-corrected chi connectivity index (χ3v) is 6.12. The standard InChI is InChI=1S/C12H18N2O4S2/c1-9(14-11-6-7-19(15,16)8-11)10-2-4-12(5-3-10)20(13,17)18/h2-5,9,11,14H,6-8H2,1H3,(H2,13,17,18). The second kappa shape index (κ2) is 5.44. The summed E-state index contributed by atoms with van der Waals surface area (Å²) in [6, 6.07) is 6.17. The lowest BCUT2D eigenvalue weighted by Gasteiger charge is -2.19. The van der Waals surface area contributed by atoms with E-state index in [1.165, 1.54) is 12.1 Å². The average molecular weight is 318 g/mol. The molecule has 2 rings (SSSR count). The maximum absolute atomic E-state index is 11.4. The van der Waals surface area contributed by atoms with Crippen LogP contribution < -0.4 is 10.5 Å². The first kappa shape index (κ1) is 15.4. The van der Waals surface area contributed by atoms with Crippen molar-refractivity contribution >= 4 is 19.9 Å². The van der Waals surface area contributed by atoms with Crippen LogP contribution in [0.3, 0.4) is 0 Å². The minimum Gasteiger partial charge on any atom is -0.306 e. The summed E-state index contributed by atoms with van der Waals surface area (Å²) in [7, 11) is -6.59. The van der Waals surface area contributed by atoms with E-state index < -0.39 is 19.9 Å². The number of benzene rings is 1. The molecule has 8 heteroatoms. The van der Waals surface area contributed by atoms with Crippen LogP contribution in [0.2, 0.25) is 0 Å². The zero-order valence-corrected chi connectivity index (χ0v) is 12.7. The summed E-state index contributed by atoms with van der Waals surface area (Å²) in [5.41, 5.74) is 0.890. The van der Waals surface area contributed by atoms with Gasteiger partial charge in [0.2, 0.25) is 10.0 Å². The number of hydrogen-bond acceptors (Lipinski definition) is 5. The fourth-order valence-electron chi connectivity index (χ4n) is 2.32. The van der Waals surface area contributed by atoms with E-state index in [1.807, 2.05) is 6.92 Å². The van der Waals surface area contributed by atoms with Crippen molar-refractivity contribution in [3.63, 3.8) is 0 Å². The van der Waals surface area contributed by atoms with Gasteiger partial charge in [-0.2, -0.15) is 0 Å². The Balaban J connectivity index is 2.05. The first-order valence-electron chi connectivity index (χ1n) is 6.27. The molecule has 0 bridgehead atoms. The Morgan fingerprint density at radius 2 is 1.90 bits per heavy atom. The van der Waals surface area contributed by atoms with Crippen LogP contribution in [-0.2, 0) is 19.9 Å². The van der Waals surface area contributed by atoms with E-state index >= 15 is 0 Å². The fourth-order valence-corrected chi connectivity index (χ4v) is 4.52. The molecule has 2 unspecified atom stereocenters. The summed E-state index contributed by atoms with van der Waals surface area (Å²) in [6.07, 6.45) is 0.613. The quantitative estimate of drug-likeness (QED) is 0.823. The van der Waals surface area contributed by atoms with E-state index in [0.29, 0.717) is 6.42 Å². The number of nitrogens with one attached hydrogen (secondary N) is 1. The van der Waals surface area contributed by atoms with E-state index in [0.717, 1.165) is 5.56 Å². The maximum Gasteiger partial charge on any atom is 0.238 e. The van der Waals surface area contributed by atoms with Gasteiger partial charge >= 0.3 is 0 Å². The van der Waals surface area contributed by atoms with Crippen molar-refractivity contribution in [3.8, 4) is 0 Å². The molecule has 0 aliphatic carbocycles. The molecule has 1 fully saturated rings. The van der Waals surface area contributed by atoms with Crippen molar-refractivity contribution in [2.75, 3.05) is 11.5 Å². The molecule has 0 saturated carbocycles. The van der Waals surface area contributed by atoms with Gasteiger partial charge in [-0.1, -0.05) is 12.1 Å². The molecule has 0 aromatic heterocycles. The van der Waals surface area contributed by atoms with Crippen molar-refractivity contribution in [1.29, 1.82) is 0 Å². The first-order valence-corrected chi connectivity index (χ1v) is 9.63. The minimum absolute atomic E-state index is 0.0482. The van der Waals surface area contributed by atoms with Gasteiger partial charge in [-0.3, -0.25) is 0 Å². The van der Waals surface area contributed by atoms with Crippen molar-refractivity contribution in [2.24, 2.45) is 5.14 Å². The molecule has 20 heavy (non-hydrogen) atoms. The van der Waals surface area contributed by atoms with E-state index in [1.54, 1.807) is 12.1 Å². The van der Waals surface area contributed by atoms with Gasteiger partial charge in [0, 0.05) is 12.1 Å². The van der Waals surface area contributed by atoms with Gasteiger partial charge < -0.3 is 5.32 Å². The van der Waals surface area contributed by atoms with Crippen LogP contribution >= 0.6 is 0 Å². The van der Waals surface area contributed by atoms with Crippen molar-refractivity contribution < 1.29 is 16.8 Å². The predicted octanol–water partition coefficient (Wildman–Crippen LogP) is 0.172. The lowest BCUT2D eigenvalue weighted by molar-refractivity contribution is 0.484. The Morgan fingerprint density at radius 1 is 1.30 bits per heavy atom. The van der Waals surface area contributed by atoms with E-state index in [-0.39, 0.29) is 28.5 Å². The molecule has 1 heterocycles. The highest BCUT2D eigenvalue weighted by molar-refractivity contribution is 7.91. The van der Waals surface area contributed by atoms with Gasteiger partial charge in [-0.25, -0.2) is 22.0 Å². The molecule has 6 nitrogen and oxygen atoms in total. The molecule has 112 valence electrons. The monoisotopic (exact) mass is 318 g/mol. The van der Waals surface area contributed by atoms with Gasteiger partial charge in [0.15, 0.2) is 9.84 Å². The molecule has 3 N–H and O–H groups in total. The second-order valence-electron chi connectivity index (χ2n) is 5.10. The van der Waals surface area contributed by atoms with Crippen LogP contribution in [0.15, 0.2) is 29.2 Å². The highest BCUT2D eigenvalue weighted by Gasteiger charge is 2.28. The SMILES string of the molecule is CC(NC1CCS(=O)(=O)C1)c1ccc(S(N)(=O)=O)cc1. The van der Waals surface area contributed by atoms with Gasteiger partial charge in [-0.05, 0) is 31.0 Å². The molecule has 1 aromatic rings. The minimum atomic E-state index is -3.68. The predicted molar refractivity (Wildman–Crippen MR) is 76.4 cm³/mol. The van der Waals surface area contributed by atoms with Gasteiger partial charge in [0.05, 0.1) is 16.4 Å². The Hall–Kier alpha value is -0.960.